The van der Waals surface area contributed by atoms with Gasteiger partial charge in [0, 0.05) is 13.1 Å². The molecule has 0 spiro atoms. The molecule has 0 heterocycles. The lowest BCUT2D eigenvalue weighted by molar-refractivity contribution is -0.121. The van der Waals surface area contributed by atoms with E-state index in [0.717, 1.165) is 4.31 Å². The van der Waals surface area contributed by atoms with Gasteiger partial charge in [0.15, 0.2) is 0 Å². The fraction of sp³-hybridized carbons (Fsp3) is 0.833. The summed E-state index contributed by atoms with van der Waals surface area (Å²) >= 11 is 0. The van der Waals surface area contributed by atoms with Crippen LogP contribution in [0.2, 0.25) is 0 Å². The lowest BCUT2D eigenvalue weighted by atomic mass is 9.93. The third-order valence-corrected chi connectivity index (χ3v) is 4.62. The number of carbonyl (C=O) groups is 1. The molecule has 0 aliphatic rings. The molecule has 0 aliphatic heterocycles. The van der Waals surface area contributed by atoms with Gasteiger partial charge in [0.25, 0.3) is 0 Å². The Morgan fingerprint density at radius 1 is 1.37 bits per heavy atom. The second-order valence-corrected chi connectivity index (χ2v) is 7.03. The number of carbonyl (C=O) groups excluding carboxylic acids is 1. The monoisotopic (exact) mass is 289 g/mol. The van der Waals surface area contributed by atoms with Crippen LogP contribution < -0.4 is 5.32 Å². The van der Waals surface area contributed by atoms with Crippen molar-refractivity contribution in [3.05, 3.63) is 0 Å². The molecule has 1 N–H and O–H groups in total. The van der Waals surface area contributed by atoms with Gasteiger partial charge in [0.1, 0.15) is 0 Å². The summed E-state index contributed by atoms with van der Waals surface area (Å²) in [7, 11) is -3.51. The molecule has 0 aromatic heterocycles. The number of nitriles is 1. The predicted molar refractivity (Wildman–Crippen MR) is 73.7 cm³/mol. The molecule has 110 valence electrons. The first-order chi connectivity index (χ1) is 8.68. The predicted octanol–water partition coefficient (Wildman–Crippen LogP) is 0.714. The van der Waals surface area contributed by atoms with E-state index in [1.54, 1.807) is 27.7 Å². The zero-order valence-electron chi connectivity index (χ0n) is 12.1. The minimum atomic E-state index is -3.51. The summed E-state index contributed by atoms with van der Waals surface area (Å²) in [6.07, 6.45) is 0.248. The third kappa shape index (κ3) is 6.55. The normalized spacial score (nSPS) is 12.2. The summed E-state index contributed by atoms with van der Waals surface area (Å²) in [5.74, 6) is -0.437. The summed E-state index contributed by atoms with van der Waals surface area (Å²) in [5, 5.41) is 11.4. The highest BCUT2D eigenvalue weighted by Gasteiger charge is 2.26. The van der Waals surface area contributed by atoms with Crippen molar-refractivity contribution in [1.29, 1.82) is 5.26 Å². The standard InChI is InChI=1S/C12H23N3O3S/c1-5-14-11(16)9-15(6-2)19(17,18)8-7-12(3,4)10-13/h5-9H2,1-4H3,(H,14,16). The molecule has 0 radical (unpaired) electrons. The van der Waals surface area contributed by atoms with E-state index in [0.29, 0.717) is 6.54 Å². The van der Waals surface area contributed by atoms with E-state index < -0.39 is 15.4 Å². The van der Waals surface area contributed by atoms with Gasteiger partial charge in [-0.15, -0.1) is 0 Å². The number of likely N-dealkylation sites (N-methyl/N-ethyl adjacent to an activating group) is 2. The van der Waals surface area contributed by atoms with Crippen molar-refractivity contribution in [2.75, 3.05) is 25.4 Å². The number of sulfonamides is 1. The van der Waals surface area contributed by atoms with Gasteiger partial charge in [-0.3, -0.25) is 4.79 Å². The highest BCUT2D eigenvalue weighted by atomic mass is 32.2. The molecular formula is C12H23N3O3S. The van der Waals surface area contributed by atoms with Crippen LogP contribution in [-0.2, 0) is 14.8 Å². The lowest BCUT2D eigenvalue weighted by Gasteiger charge is -2.22. The molecular weight excluding hydrogens is 266 g/mol. The molecule has 0 atom stereocenters. The Kier molecular flexibility index (Phi) is 7.01. The second kappa shape index (κ2) is 7.46. The van der Waals surface area contributed by atoms with Crippen LogP contribution in [0.15, 0.2) is 0 Å². The smallest absolute Gasteiger partial charge is 0.235 e. The Morgan fingerprint density at radius 3 is 2.37 bits per heavy atom. The quantitative estimate of drug-likeness (QED) is 0.712. The van der Waals surface area contributed by atoms with Crippen LogP contribution in [0.25, 0.3) is 0 Å². The summed E-state index contributed by atoms with van der Waals surface area (Å²) in [6.45, 7) is 7.40. The minimum absolute atomic E-state index is 0.124. The lowest BCUT2D eigenvalue weighted by Crippen LogP contribution is -2.41. The van der Waals surface area contributed by atoms with Gasteiger partial charge in [0.05, 0.1) is 23.8 Å². The van der Waals surface area contributed by atoms with Gasteiger partial charge in [-0.05, 0) is 27.2 Å². The van der Waals surface area contributed by atoms with Gasteiger partial charge < -0.3 is 5.32 Å². The summed E-state index contributed by atoms with van der Waals surface area (Å²) in [4.78, 5) is 11.4. The van der Waals surface area contributed by atoms with Gasteiger partial charge in [-0.25, -0.2) is 8.42 Å². The molecule has 0 unspecified atom stereocenters. The van der Waals surface area contributed by atoms with Gasteiger partial charge in [-0.2, -0.15) is 9.57 Å². The average molecular weight is 289 g/mol. The van der Waals surface area contributed by atoms with Crippen LogP contribution >= 0.6 is 0 Å². The van der Waals surface area contributed by atoms with E-state index in [2.05, 4.69) is 11.4 Å². The van der Waals surface area contributed by atoms with Crippen LogP contribution in [0.3, 0.4) is 0 Å². The Morgan fingerprint density at radius 2 is 1.95 bits per heavy atom. The van der Waals surface area contributed by atoms with E-state index in [1.807, 2.05) is 0 Å². The fourth-order valence-corrected chi connectivity index (χ4v) is 3.12. The van der Waals surface area contributed by atoms with Crippen LogP contribution in [0.4, 0.5) is 0 Å². The molecule has 0 saturated heterocycles. The van der Waals surface area contributed by atoms with Crippen molar-refractivity contribution in [1.82, 2.24) is 9.62 Å². The number of hydrogen-bond acceptors (Lipinski definition) is 4. The fourth-order valence-electron chi connectivity index (χ4n) is 1.39. The number of rotatable bonds is 8. The molecule has 19 heavy (non-hydrogen) atoms. The van der Waals surface area contributed by atoms with E-state index in [-0.39, 0.29) is 31.2 Å². The Balaban J connectivity index is 4.68. The summed E-state index contributed by atoms with van der Waals surface area (Å²) in [5.41, 5.74) is -0.682. The molecule has 1 amide bonds. The molecule has 0 bridgehead atoms. The maximum atomic E-state index is 12.1. The number of nitrogens with one attached hydrogen (secondary N) is 1. The molecule has 6 nitrogen and oxygen atoms in total. The Hall–Kier alpha value is -1.13. The molecule has 0 rings (SSSR count). The zero-order valence-corrected chi connectivity index (χ0v) is 12.9. The first-order valence-electron chi connectivity index (χ1n) is 6.34. The molecule has 0 aromatic rings. The highest BCUT2D eigenvalue weighted by molar-refractivity contribution is 7.89. The Bertz CT molecular complexity index is 438. The van der Waals surface area contributed by atoms with Crippen molar-refractivity contribution in [2.45, 2.75) is 34.1 Å². The van der Waals surface area contributed by atoms with E-state index in [1.165, 1.54) is 0 Å². The van der Waals surface area contributed by atoms with Gasteiger partial charge >= 0.3 is 0 Å². The van der Waals surface area contributed by atoms with Crippen molar-refractivity contribution in [3.8, 4) is 6.07 Å². The van der Waals surface area contributed by atoms with Crippen molar-refractivity contribution < 1.29 is 13.2 Å². The number of nitrogens with zero attached hydrogens (tertiary/aromatic N) is 2. The van der Waals surface area contributed by atoms with E-state index >= 15 is 0 Å². The average Bonchev–Trinajstić information content (AvgIpc) is 2.34. The number of hydrogen-bond donors (Lipinski definition) is 1. The zero-order chi connectivity index (χ0) is 15.1. The third-order valence-electron chi connectivity index (χ3n) is 2.73. The largest absolute Gasteiger partial charge is 0.355 e. The van der Waals surface area contributed by atoms with Crippen LogP contribution in [0.5, 0.6) is 0 Å². The maximum absolute atomic E-state index is 12.1. The Labute approximate surface area is 115 Å². The van der Waals surface area contributed by atoms with Crippen LogP contribution in [-0.4, -0.2) is 44.0 Å². The molecule has 0 saturated carbocycles. The van der Waals surface area contributed by atoms with Crippen molar-refractivity contribution in [2.24, 2.45) is 5.41 Å². The highest BCUT2D eigenvalue weighted by Crippen LogP contribution is 2.20. The van der Waals surface area contributed by atoms with E-state index in [9.17, 15) is 13.2 Å². The van der Waals surface area contributed by atoms with Crippen molar-refractivity contribution in [3.63, 3.8) is 0 Å². The molecule has 0 aliphatic carbocycles. The topological polar surface area (TPSA) is 90.3 Å². The molecule has 0 fully saturated rings. The first kappa shape index (κ1) is 17.9. The molecule has 0 aromatic carbocycles. The molecule has 7 heteroatoms. The van der Waals surface area contributed by atoms with Gasteiger partial charge in [-0.1, -0.05) is 6.92 Å². The summed E-state index contributed by atoms with van der Waals surface area (Å²) in [6, 6.07) is 2.07. The van der Waals surface area contributed by atoms with E-state index in [4.69, 9.17) is 5.26 Å². The van der Waals surface area contributed by atoms with Crippen LogP contribution in [0, 0.1) is 16.7 Å². The maximum Gasteiger partial charge on any atom is 0.235 e. The van der Waals surface area contributed by atoms with Crippen LogP contribution in [0.1, 0.15) is 34.1 Å². The van der Waals surface area contributed by atoms with Crippen molar-refractivity contribution >= 4 is 15.9 Å². The first-order valence-corrected chi connectivity index (χ1v) is 7.95. The van der Waals surface area contributed by atoms with Gasteiger partial charge in [0.2, 0.25) is 15.9 Å². The second-order valence-electron chi connectivity index (χ2n) is 4.94. The summed E-state index contributed by atoms with van der Waals surface area (Å²) < 4.78 is 25.3. The SMILES string of the molecule is CCNC(=O)CN(CC)S(=O)(=O)CCC(C)(C)C#N. The minimum Gasteiger partial charge on any atom is -0.355 e. The number of amides is 1.